The molecule has 0 saturated carbocycles. The fraction of sp³-hybridized carbons (Fsp3) is 0.250. The zero-order chi connectivity index (χ0) is 23.7. The van der Waals surface area contributed by atoms with Crippen LogP contribution in [0, 0.1) is 11.7 Å². The number of fused-ring (bicyclic) bond motifs is 3. The number of halogens is 1. The standard InChI is InChI=1S/C28H25FN2O3/c29-25-8-4-1-5-18(25)11-14-30-27(33)19-12-15-31(16-13-19)28(34)20-9-10-22-21-6-2-3-7-23(21)26(32)24(22)17-20/h1-10,17,19H,11-16H2,(H,30,33). The molecular formula is C28H25FN2O3. The average molecular weight is 457 g/mol. The van der Waals surface area contributed by atoms with E-state index in [1.807, 2.05) is 30.3 Å². The minimum absolute atomic E-state index is 0.0500. The predicted octanol–water partition coefficient (Wildman–Crippen LogP) is 4.25. The summed E-state index contributed by atoms with van der Waals surface area (Å²) in [7, 11) is 0. The van der Waals surface area contributed by atoms with Crippen LogP contribution in [0.25, 0.3) is 11.1 Å². The number of nitrogens with zero attached hydrogens (tertiary/aromatic N) is 1. The summed E-state index contributed by atoms with van der Waals surface area (Å²) >= 11 is 0. The van der Waals surface area contributed by atoms with E-state index in [9.17, 15) is 18.8 Å². The molecule has 5 rings (SSSR count). The van der Waals surface area contributed by atoms with Gasteiger partial charge in [-0.2, -0.15) is 0 Å². The molecule has 0 aromatic heterocycles. The van der Waals surface area contributed by atoms with Gasteiger partial charge < -0.3 is 10.2 Å². The lowest BCUT2D eigenvalue weighted by Gasteiger charge is -2.31. The Morgan fingerprint density at radius 2 is 1.56 bits per heavy atom. The first-order valence-electron chi connectivity index (χ1n) is 11.6. The lowest BCUT2D eigenvalue weighted by Crippen LogP contribution is -2.43. The molecule has 0 spiro atoms. The first-order chi connectivity index (χ1) is 16.5. The highest BCUT2D eigenvalue weighted by Gasteiger charge is 2.30. The Morgan fingerprint density at radius 1 is 0.882 bits per heavy atom. The monoisotopic (exact) mass is 456 g/mol. The highest BCUT2D eigenvalue weighted by molar-refractivity contribution is 6.22. The zero-order valence-electron chi connectivity index (χ0n) is 18.7. The van der Waals surface area contributed by atoms with Crippen LogP contribution in [-0.2, 0) is 11.2 Å². The molecule has 3 aromatic rings. The number of amides is 2. The van der Waals surface area contributed by atoms with Gasteiger partial charge in [-0.15, -0.1) is 0 Å². The van der Waals surface area contributed by atoms with Crippen molar-refractivity contribution in [3.05, 3.63) is 94.8 Å². The van der Waals surface area contributed by atoms with E-state index in [1.54, 1.807) is 35.2 Å². The summed E-state index contributed by atoms with van der Waals surface area (Å²) < 4.78 is 13.7. The van der Waals surface area contributed by atoms with Gasteiger partial charge in [0, 0.05) is 42.2 Å². The van der Waals surface area contributed by atoms with Crippen LogP contribution in [0.1, 0.15) is 44.7 Å². The van der Waals surface area contributed by atoms with E-state index in [1.165, 1.54) is 6.07 Å². The summed E-state index contributed by atoms with van der Waals surface area (Å²) in [4.78, 5) is 40.2. The number of benzene rings is 3. The van der Waals surface area contributed by atoms with E-state index in [4.69, 9.17) is 0 Å². The molecule has 0 radical (unpaired) electrons. The van der Waals surface area contributed by atoms with Crippen LogP contribution in [0.15, 0.2) is 66.7 Å². The summed E-state index contributed by atoms with van der Waals surface area (Å²) in [6.07, 6.45) is 1.59. The van der Waals surface area contributed by atoms with E-state index < -0.39 is 0 Å². The summed E-state index contributed by atoms with van der Waals surface area (Å²) in [6.45, 7) is 1.34. The van der Waals surface area contributed by atoms with Gasteiger partial charge in [0.15, 0.2) is 5.78 Å². The molecule has 1 heterocycles. The second-order valence-electron chi connectivity index (χ2n) is 8.83. The Balaban J connectivity index is 1.16. The number of hydrogen-bond donors (Lipinski definition) is 1. The molecule has 2 aliphatic rings. The Labute approximate surface area is 197 Å². The maximum atomic E-state index is 13.7. The Morgan fingerprint density at radius 3 is 2.32 bits per heavy atom. The van der Waals surface area contributed by atoms with Gasteiger partial charge in [0.2, 0.25) is 5.91 Å². The minimum Gasteiger partial charge on any atom is -0.356 e. The second kappa shape index (κ2) is 9.21. The second-order valence-corrected chi connectivity index (χ2v) is 8.83. The van der Waals surface area contributed by atoms with Crippen molar-refractivity contribution < 1.29 is 18.8 Å². The van der Waals surface area contributed by atoms with Crippen LogP contribution in [0.3, 0.4) is 0 Å². The van der Waals surface area contributed by atoms with Crippen molar-refractivity contribution in [2.75, 3.05) is 19.6 Å². The smallest absolute Gasteiger partial charge is 0.253 e. The third-order valence-corrected chi connectivity index (χ3v) is 6.78. The van der Waals surface area contributed by atoms with Crippen molar-refractivity contribution in [2.24, 2.45) is 5.92 Å². The summed E-state index contributed by atoms with van der Waals surface area (Å²) in [5.41, 5.74) is 4.08. The molecule has 34 heavy (non-hydrogen) atoms. The molecule has 3 aromatic carbocycles. The van der Waals surface area contributed by atoms with Gasteiger partial charge in [0.1, 0.15) is 5.82 Å². The molecule has 0 unspecified atom stereocenters. The van der Waals surface area contributed by atoms with Gasteiger partial charge >= 0.3 is 0 Å². The van der Waals surface area contributed by atoms with Gasteiger partial charge in [-0.25, -0.2) is 4.39 Å². The molecule has 1 N–H and O–H groups in total. The maximum absolute atomic E-state index is 13.7. The number of rotatable bonds is 5. The fourth-order valence-corrected chi connectivity index (χ4v) is 4.85. The summed E-state index contributed by atoms with van der Waals surface area (Å²) in [5.74, 6) is -0.651. The molecule has 0 atom stereocenters. The number of likely N-dealkylation sites (tertiary alicyclic amines) is 1. The number of hydrogen-bond acceptors (Lipinski definition) is 3. The topological polar surface area (TPSA) is 66.5 Å². The molecule has 1 aliphatic carbocycles. The van der Waals surface area contributed by atoms with Crippen molar-refractivity contribution >= 4 is 17.6 Å². The average Bonchev–Trinajstić information content (AvgIpc) is 3.16. The van der Waals surface area contributed by atoms with E-state index in [0.717, 1.165) is 11.1 Å². The van der Waals surface area contributed by atoms with Crippen molar-refractivity contribution in [2.45, 2.75) is 19.3 Å². The molecule has 0 bridgehead atoms. The number of carbonyl (C=O) groups is 3. The van der Waals surface area contributed by atoms with E-state index in [-0.39, 0.29) is 29.3 Å². The summed E-state index contributed by atoms with van der Waals surface area (Å²) in [5, 5.41) is 2.90. The molecule has 1 aliphatic heterocycles. The molecule has 6 heteroatoms. The molecular weight excluding hydrogens is 431 g/mol. The van der Waals surface area contributed by atoms with Gasteiger partial charge in [0.25, 0.3) is 5.91 Å². The van der Waals surface area contributed by atoms with Gasteiger partial charge in [0.05, 0.1) is 0 Å². The Bertz CT molecular complexity index is 1280. The van der Waals surface area contributed by atoms with Gasteiger partial charge in [-0.05, 0) is 54.2 Å². The third kappa shape index (κ3) is 4.12. The number of nitrogens with one attached hydrogen (secondary N) is 1. The van der Waals surface area contributed by atoms with Crippen molar-refractivity contribution in [1.29, 1.82) is 0 Å². The molecule has 1 saturated heterocycles. The number of carbonyl (C=O) groups excluding carboxylic acids is 3. The predicted molar refractivity (Wildman–Crippen MR) is 127 cm³/mol. The van der Waals surface area contributed by atoms with Gasteiger partial charge in [-0.1, -0.05) is 48.5 Å². The zero-order valence-corrected chi connectivity index (χ0v) is 18.7. The number of piperidine rings is 1. The van der Waals surface area contributed by atoms with Crippen LogP contribution in [0.4, 0.5) is 4.39 Å². The molecule has 2 amide bonds. The first kappa shape index (κ1) is 22.0. The largest absolute Gasteiger partial charge is 0.356 e. The quantitative estimate of drug-likeness (QED) is 0.488. The normalized spacial score (nSPS) is 15.1. The lowest BCUT2D eigenvalue weighted by molar-refractivity contribution is -0.126. The first-order valence-corrected chi connectivity index (χ1v) is 11.6. The van der Waals surface area contributed by atoms with Crippen LogP contribution < -0.4 is 5.32 Å². The molecule has 172 valence electrons. The fourth-order valence-electron chi connectivity index (χ4n) is 4.85. The Hall–Kier alpha value is -3.80. The van der Waals surface area contributed by atoms with Crippen LogP contribution in [-0.4, -0.2) is 42.1 Å². The van der Waals surface area contributed by atoms with Crippen molar-refractivity contribution in [3.63, 3.8) is 0 Å². The maximum Gasteiger partial charge on any atom is 0.253 e. The van der Waals surface area contributed by atoms with Crippen molar-refractivity contribution in [3.8, 4) is 11.1 Å². The SMILES string of the molecule is O=C1c2ccccc2-c2ccc(C(=O)N3CCC(C(=O)NCCc4ccccc4F)CC3)cc21. The van der Waals surface area contributed by atoms with Crippen molar-refractivity contribution in [1.82, 2.24) is 10.2 Å². The molecule has 1 fully saturated rings. The van der Waals surface area contributed by atoms with Crippen LogP contribution >= 0.6 is 0 Å². The van der Waals surface area contributed by atoms with E-state index in [0.29, 0.717) is 61.2 Å². The Kier molecular flexibility index (Phi) is 5.97. The third-order valence-electron chi connectivity index (χ3n) is 6.78. The highest BCUT2D eigenvalue weighted by Crippen LogP contribution is 2.37. The lowest BCUT2D eigenvalue weighted by atomic mass is 9.95. The minimum atomic E-state index is -0.263. The highest BCUT2D eigenvalue weighted by atomic mass is 19.1. The van der Waals surface area contributed by atoms with Crippen LogP contribution in [0.5, 0.6) is 0 Å². The van der Waals surface area contributed by atoms with Gasteiger partial charge in [-0.3, -0.25) is 14.4 Å². The number of ketones is 1. The van der Waals surface area contributed by atoms with E-state index >= 15 is 0 Å². The van der Waals surface area contributed by atoms with E-state index in [2.05, 4.69) is 5.32 Å². The van der Waals surface area contributed by atoms with Crippen LogP contribution in [0.2, 0.25) is 0 Å². The summed E-state index contributed by atoms with van der Waals surface area (Å²) in [6, 6.07) is 19.4. The molecule has 5 nitrogen and oxygen atoms in total.